The van der Waals surface area contributed by atoms with Crippen LogP contribution in [0.25, 0.3) is 17.2 Å². The molecule has 1 aliphatic rings. The van der Waals surface area contributed by atoms with E-state index in [4.69, 9.17) is 4.74 Å². The van der Waals surface area contributed by atoms with Gasteiger partial charge in [-0.1, -0.05) is 18.2 Å². The molecule has 2 aromatic rings. The molecule has 0 spiro atoms. The second-order valence-electron chi connectivity index (χ2n) is 7.00. The summed E-state index contributed by atoms with van der Waals surface area (Å²) in [6.07, 6.45) is 1.87. The lowest BCUT2D eigenvalue weighted by Gasteiger charge is -2.11. The summed E-state index contributed by atoms with van der Waals surface area (Å²) in [7, 11) is 1.07. The number of carboxylic acid groups (broad SMARTS) is 1. The second-order valence-corrected chi connectivity index (χ2v) is 9.15. The Labute approximate surface area is 170 Å². The van der Waals surface area contributed by atoms with Crippen molar-refractivity contribution in [2.45, 2.75) is 18.2 Å². The van der Waals surface area contributed by atoms with Crippen LogP contribution in [0.5, 0.6) is 5.75 Å². The van der Waals surface area contributed by atoms with Crippen LogP contribution in [-0.2, 0) is 14.8 Å². The van der Waals surface area contributed by atoms with Crippen molar-refractivity contribution in [2.24, 2.45) is 0 Å². The van der Waals surface area contributed by atoms with E-state index >= 15 is 0 Å². The van der Waals surface area contributed by atoms with Crippen LogP contribution in [0.1, 0.15) is 30.0 Å². The fourth-order valence-electron chi connectivity index (χ4n) is 3.38. The van der Waals surface area contributed by atoms with Crippen LogP contribution in [0.2, 0.25) is 0 Å². The van der Waals surface area contributed by atoms with E-state index < -0.39 is 16.0 Å². The van der Waals surface area contributed by atoms with Gasteiger partial charge >= 0.3 is 5.97 Å². The Morgan fingerprint density at radius 3 is 2.31 bits per heavy atom. The van der Waals surface area contributed by atoms with Gasteiger partial charge in [0.15, 0.2) is 0 Å². The van der Waals surface area contributed by atoms with E-state index in [1.54, 1.807) is 31.4 Å². The van der Waals surface area contributed by atoms with Crippen molar-refractivity contribution < 1.29 is 23.1 Å². The molecule has 7 heteroatoms. The van der Waals surface area contributed by atoms with Crippen LogP contribution in [0.15, 0.2) is 52.9 Å². The number of hydrogen-bond acceptors (Lipinski definition) is 4. The van der Waals surface area contributed by atoms with Gasteiger partial charge in [0.05, 0.1) is 18.4 Å². The number of benzene rings is 2. The molecule has 0 unspecified atom stereocenters. The van der Waals surface area contributed by atoms with E-state index in [1.165, 1.54) is 18.4 Å². The summed E-state index contributed by atoms with van der Waals surface area (Å²) in [6.45, 7) is 1.90. The molecule has 0 fully saturated rings. The molecular formula is C22H23NO5S. The Morgan fingerprint density at radius 1 is 1.10 bits per heavy atom. The molecule has 0 radical (unpaired) electrons. The van der Waals surface area contributed by atoms with Crippen LogP contribution in [0.3, 0.4) is 0 Å². The molecule has 6 nitrogen and oxygen atoms in total. The van der Waals surface area contributed by atoms with Crippen LogP contribution in [-0.4, -0.2) is 45.0 Å². The van der Waals surface area contributed by atoms with Crippen molar-refractivity contribution in [3.05, 3.63) is 64.7 Å². The summed E-state index contributed by atoms with van der Waals surface area (Å²) in [5, 5.41) is 9.33. The smallest absolute Gasteiger partial charge is 0.307 e. The first-order valence-corrected chi connectivity index (χ1v) is 10.4. The first-order valence-electron chi connectivity index (χ1n) is 9.00. The summed E-state index contributed by atoms with van der Waals surface area (Å²) in [5.74, 6) is -0.230. The molecule has 1 aliphatic carbocycles. The van der Waals surface area contributed by atoms with E-state index in [-0.39, 0.29) is 11.3 Å². The highest BCUT2D eigenvalue weighted by atomic mass is 32.2. The third kappa shape index (κ3) is 3.97. The summed E-state index contributed by atoms with van der Waals surface area (Å²) in [5.41, 5.74) is 5.18. The van der Waals surface area contributed by atoms with Crippen LogP contribution >= 0.6 is 0 Å². The van der Waals surface area contributed by atoms with Gasteiger partial charge in [-0.15, -0.1) is 0 Å². The Morgan fingerprint density at radius 2 is 1.76 bits per heavy atom. The molecule has 0 bridgehead atoms. The van der Waals surface area contributed by atoms with Gasteiger partial charge in [0.2, 0.25) is 10.0 Å². The van der Waals surface area contributed by atoms with Crippen molar-refractivity contribution in [2.75, 3.05) is 21.2 Å². The number of allylic oxidation sites excluding steroid dienone is 2. The van der Waals surface area contributed by atoms with Crippen molar-refractivity contribution >= 4 is 33.2 Å². The van der Waals surface area contributed by atoms with E-state index in [2.05, 4.69) is 0 Å². The highest BCUT2D eigenvalue weighted by Crippen LogP contribution is 2.44. The van der Waals surface area contributed by atoms with E-state index in [0.717, 1.165) is 33.4 Å². The first-order chi connectivity index (χ1) is 13.6. The molecule has 0 aromatic heterocycles. The lowest BCUT2D eigenvalue weighted by Crippen LogP contribution is -2.22. The lowest BCUT2D eigenvalue weighted by molar-refractivity contribution is -0.135. The lowest BCUT2D eigenvalue weighted by atomic mass is 10.0. The summed E-state index contributed by atoms with van der Waals surface area (Å²) in [6, 6.07) is 12.3. The number of methoxy groups -OCH3 is 1. The van der Waals surface area contributed by atoms with Crippen molar-refractivity contribution in [3.8, 4) is 5.75 Å². The number of carbonyl (C=O) groups is 1. The van der Waals surface area contributed by atoms with Crippen LogP contribution in [0, 0.1) is 0 Å². The molecule has 0 aliphatic heterocycles. The van der Waals surface area contributed by atoms with Crippen molar-refractivity contribution in [1.82, 2.24) is 4.31 Å². The van der Waals surface area contributed by atoms with Crippen LogP contribution < -0.4 is 4.74 Å². The number of hydrogen-bond donors (Lipinski definition) is 1. The zero-order valence-electron chi connectivity index (χ0n) is 16.8. The Hall–Kier alpha value is -2.90. The molecule has 3 rings (SSSR count). The van der Waals surface area contributed by atoms with Gasteiger partial charge in [-0.2, -0.15) is 0 Å². The minimum Gasteiger partial charge on any atom is -0.497 e. The largest absolute Gasteiger partial charge is 0.497 e. The summed E-state index contributed by atoms with van der Waals surface area (Å²) in [4.78, 5) is 11.6. The monoisotopic (exact) mass is 413 g/mol. The number of aliphatic carboxylic acids is 1. The fraction of sp³-hybridized carbons (Fsp3) is 0.227. The number of carboxylic acids is 1. The maximum atomic E-state index is 12.2. The Balaban J connectivity index is 2.07. The SMILES string of the molecule is COc1ccc2c(c1)C(CC(=O)O)=C(C)C2=Cc1ccc(S(=O)(=O)N(C)C)cc1. The highest BCUT2D eigenvalue weighted by molar-refractivity contribution is 7.89. The number of nitrogens with zero attached hydrogens (tertiary/aromatic N) is 1. The van der Waals surface area contributed by atoms with Gasteiger partial charge < -0.3 is 9.84 Å². The fourth-order valence-corrected chi connectivity index (χ4v) is 4.28. The standard InChI is InChI=1S/C22H23NO5S/c1-14-19(11-15-5-8-17(9-6-15)29(26,27)23(2)3)18-10-7-16(28-4)12-21(18)20(14)13-22(24)25/h5-12H,13H2,1-4H3,(H,24,25). The third-order valence-corrected chi connectivity index (χ3v) is 6.83. The second kappa shape index (κ2) is 7.85. The van der Waals surface area contributed by atoms with E-state index in [0.29, 0.717) is 5.75 Å². The van der Waals surface area contributed by atoms with Gasteiger partial charge in [-0.25, -0.2) is 12.7 Å². The minimum atomic E-state index is -3.49. The number of fused-ring (bicyclic) bond motifs is 1. The molecular weight excluding hydrogens is 390 g/mol. The average Bonchev–Trinajstić information content (AvgIpc) is 2.93. The summed E-state index contributed by atoms with van der Waals surface area (Å²) >= 11 is 0. The molecule has 29 heavy (non-hydrogen) atoms. The zero-order valence-corrected chi connectivity index (χ0v) is 17.6. The van der Waals surface area contributed by atoms with Gasteiger partial charge in [-0.05, 0) is 70.7 Å². The van der Waals surface area contributed by atoms with Gasteiger partial charge in [0, 0.05) is 14.1 Å². The molecule has 0 heterocycles. The predicted molar refractivity (Wildman–Crippen MR) is 113 cm³/mol. The maximum absolute atomic E-state index is 12.2. The highest BCUT2D eigenvalue weighted by Gasteiger charge is 2.26. The van der Waals surface area contributed by atoms with Crippen molar-refractivity contribution in [1.29, 1.82) is 0 Å². The topological polar surface area (TPSA) is 83.9 Å². The molecule has 1 N–H and O–H groups in total. The first kappa shape index (κ1) is 20.8. The minimum absolute atomic E-state index is 0.0800. The average molecular weight is 413 g/mol. The Kier molecular flexibility index (Phi) is 5.64. The normalized spacial score (nSPS) is 15.1. The molecule has 0 amide bonds. The maximum Gasteiger partial charge on any atom is 0.307 e. The van der Waals surface area contributed by atoms with Gasteiger partial charge in [0.1, 0.15) is 5.75 Å². The number of ether oxygens (including phenoxy) is 1. The van der Waals surface area contributed by atoms with Gasteiger partial charge in [0.25, 0.3) is 0 Å². The number of rotatable bonds is 6. The molecule has 152 valence electrons. The predicted octanol–water partition coefficient (Wildman–Crippen LogP) is 3.75. The molecule has 0 saturated carbocycles. The van der Waals surface area contributed by atoms with Crippen LogP contribution in [0.4, 0.5) is 0 Å². The third-order valence-electron chi connectivity index (χ3n) is 5.00. The van der Waals surface area contributed by atoms with E-state index in [1.807, 2.05) is 31.2 Å². The number of sulfonamides is 1. The Bertz CT molecular complexity index is 1130. The molecule has 0 atom stereocenters. The quantitative estimate of drug-likeness (QED) is 0.780. The van der Waals surface area contributed by atoms with Crippen molar-refractivity contribution in [3.63, 3.8) is 0 Å². The molecule has 2 aromatic carbocycles. The van der Waals surface area contributed by atoms with Gasteiger partial charge in [-0.3, -0.25) is 4.79 Å². The zero-order chi connectivity index (χ0) is 21.3. The molecule has 0 saturated heterocycles. The summed E-state index contributed by atoms with van der Waals surface area (Å²) < 4.78 is 31.0. The van der Waals surface area contributed by atoms with E-state index in [9.17, 15) is 18.3 Å².